The Balaban J connectivity index is 1.71. The Morgan fingerprint density at radius 1 is 1.38 bits per heavy atom. The van der Waals surface area contributed by atoms with Gasteiger partial charge in [-0.1, -0.05) is 0 Å². The quantitative estimate of drug-likeness (QED) is 0.875. The molecule has 16 heavy (non-hydrogen) atoms. The number of hydrogen-bond acceptors (Lipinski definition) is 4. The number of rotatable bonds is 4. The molecule has 4 heteroatoms. The van der Waals surface area contributed by atoms with Gasteiger partial charge in [0.05, 0.1) is 10.7 Å². The molecule has 1 aliphatic heterocycles. The molecule has 2 rings (SSSR count). The predicted octanol–water partition coefficient (Wildman–Crippen LogP) is 2.07. The van der Waals surface area contributed by atoms with E-state index in [1.807, 2.05) is 11.3 Å². The minimum atomic E-state index is 0.649. The van der Waals surface area contributed by atoms with E-state index in [9.17, 15) is 0 Å². The monoisotopic (exact) mass is 240 g/mol. The van der Waals surface area contributed by atoms with Crippen molar-refractivity contribution < 1.29 is 4.74 Å². The maximum absolute atomic E-state index is 5.33. The Hall–Kier alpha value is -0.450. The fraction of sp³-hybridized carbons (Fsp3) is 0.750. The van der Waals surface area contributed by atoms with Gasteiger partial charge in [-0.05, 0) is 26.7 Å². The smallest absolute Gasteiger partial charge is 0.0943 e. The summed E-state index contributed by atoms with van der Waals surface area (Å²) in [6, 6.07) is 0.649. The molecule has 3 nitrogen and oxygen atoms in total. The maximum Gasteiger partial charge on any atom is 0.0943 e. The number of hydrogen-bond donors (Lipinski definition) is 1. The van der Waals surface area contributed by atoms with E-state index in [0.29, 0.717) is 6.04 Å². The second kappa shape index (κ2) is 5.75. The van der Waals surface area contributed by atoms with Crippen LogP contribution in [0.4, 0.5) is 0 Å². The van der Waals surface area contributed by atoms with Gasteiger partial charge in [-0.25, -0.2) is 4.98 Å². The van der Waals surface area contributed by atoms with Crippen LogP contribution in [0, 0.1) is 13.8 Å². The van der Waals surface area contributed by atoms with Gasteiger partial charge in [-0.2, -0.15) is 0 Å². The minimum absolute atomic E-state index is 0.649. The molecule has 0 aromatic carbocycles. The lowest BCUT2D eigenvalue weighted by Gasteiger charge is -2.22. The van der Waals surface area contributed by atoms with Crippen LogP contribution in [-0.4, -0.2) is 30.8 Å². The van der Waals surface area contributed by atoms with Crippen molar-refractivity contribution >= 4 is 11.3 Å². The Labute approximate surface area is 101 Å². The van der Waals surface area contributed by atoms with Gasteiger partial charge in [0.15, 0.2) is 0 Å². The van der Waals surface area contributed by atoms with E-state index < -0.39 is 0 Å². The molecule has 2 heterocycles. The topological polar surface area (TPSA) is 34.2 Å². The fourth-order valence-corrected chi connectivity index (χ4v) is 2.86. The lowest BCUT2D eigenvalue weighted by Crippen LogP contribution is -2.35. The standard InChI is InChI=1S/C12H20N2OS/c1-9-10(2)16-12(14-9)3-6-13-11-4-7-15-8-5-11/h11,13H,3-8H2,1-2H3. The van der Waals surface area contributed by atoms with Gasteiger partial charge in [0.25, 0.3) is 0 Å². The van der Waals surface area contributed by atoms with E-state index in [4.69, 9.17) is 4.74 Å². The molecule has 0 spiro atoms. The Morgan fingerprint density at radius 2 is 2.12 bits per heavy atom. The largest absolute Gasteiger partial charge is 0.381 e. The van der Waals surface area contributed by atoms with E-state index in [2.05, 4.69) is 24.1 Å². The lowest BCUT2D eigenvalue weighted by molar-refractivity contribution is 0.0782. The van der Waals surface area contributed by atoms with Crippen LogP contribution in [0.15, 0.2) is 0 Å². The summed E-state index contributed by atoms with van der Waals surface area (Å²) in [5, 5.41) is 4.84. The first-order chi connectivity index (χ1) is 7.75. The average Bonchev–Trinajstić information content (AvgIpc) is 2.60. The average molecular weight is 240 g/mol. The molecule has 0 unspecified atom stereocenters. The zero-order valence-electron chi connectivity index (χ0n) is 10.1. The molecule has 0 aliphatic carbocycles. The molecule has 0 atom stereocenters. The molecule has 1 aliphatic rings. The number of nitrogens with zero attached hydrogens (tertiary/aromatic N) is 1. The van der Waals surface area contributed by atoms with E-state index in [-0.39, 0.29) is 0 Å². The van der Waals surface area contributed by atoms with Gasteiger partial charge in [0.2, 0.25) is 0 Å². The van der Waals surface area contributed by atoms with Crippen LogP contribution >= 0.6 is 11.3 Å². The van der Waals surface area contributed by atoms with Crippen molar-refractivity contribution in [3.05, 3.63) is 15.6 Å². The first kappa shape index (κ1) is 12.0. The number of nitrogens with one attached hydrogen (secondary N) is 1. The first-order valence-corrected chi connectivity index (χ1v) is 6.81. The van der Waals surface area contributed by atoms with Crippen molar-refractivity contribution in [3.63, 3.8) is 0 Å². The summed E-state index contributed by atoms with van der Waals surface area (Å²) in [7, 11) is 0. The van der Waals surface area contributed by atoms with Gasteiger partial charge in [0, 0.05) is 37.1 Å². The van der Waals surface area contributed by atoms with Gasteiger partial charge in [0.1, 0.15) is 0 Å². The second-order valence-electron chi connectivity index (χ2n) is 4.34. The fourth-order valence-electron chi connectivity index (χ4n) is 1.93. The van der Waals surface area contributed by atoms with Crippen LogP contribution in [0.5, 0.6) is 0 Å². The van der Waals surface area contributed by atoms with E-state index in [1.54, 1.807) is 0 Å². The van der Waals surface area contributed by atoms with Crippen LogP contribution in [0.1, 0.15) is 28.4 Å². The number of thiazole rings is 1. The Kier molecular flexibility index (Phi) is 4.32. The van der Waals surface area contributed by atoms with Crippen LogP contribution in [0.2, 0.25) is 0 Å². The zero-order chi connectivity index (χ0) is 11.4. The van der Waals surface area contributed by atoms with Crippen molar-refractivity contribution in [3.8, 4) is 0 Å². The van der Waals surface area contributed by atoms with E-state index >= 15 is 0 Å². The van der Waals surface area contributed by atoms with Crippen LogP contribution < -0.4 is 5.32 Å². The molecule has 1 saturated heterocycles. The summed E-state index contributed by atoms with van der Waals surface area (Å²) in [5.74, 6) is 0. The van der Waals surface area contributed by atoms with Gasteiger partial charge >= 0.3 is 0 Å². The molecule has 0 saturated carbocycles. The van der Waals surface area contributed by atoms with Crippen LogP contribution in [0.25, 0.3) is 0 Å². The number of aromatic nitrogens is 1. The summed E-state index contributed by atoms with van der Waals surface area (Å²) in [4.78, 5) is 5.89. The van der Waals surface area contributed by atoms with Gasteiger partial charge in [-0.15, -0.1) is 11.3 Å². The molecular weight excluding hydrogens is 220 g/mol. The molecule has 1 fully saturated rings. The molecule has 1 N–H and O–H groups in total. The summed E-state index contributed by atoms with van der Waals surface area (Å²) in [6.45, 7) is 7.08. The normalized spacial score (nSPS) is 17.9. The minimum Gasteiger partial charge on any atom is -0.381 e. The van der Waals surface area contributed by atoms with E-state index in [0.717, 1.165) is 39.0 Å². The second-order valence-corrected chi connectivity index (χ2v) is 5.63. The van der Waals surface area contributed by atoms with Crippen LogP contribution in [-0.2, 0) is 11.2 Å². The van der Waals surface area contributed by atoms with Crippen molar-refractivity contribution in [2.45, 2.75) is 39.2 Å². The molecule has 1 aromatic rings. The zero-order valence-corrected chi connectivity index (χ0v) is 10.9. The number of ether oxygens (including phenoxy) is 1. The number of aryl methyl sites for hydroxylation is 2. The summed E-state index contributed by atoms with van der Waals surface area (Å²) >= 11 is 1.83. The molecular formula is C12H20N2OS. The first-order valence-electron chi connectivity index (χ1n) is 6.00. The van der Waals surface area contributed by atoms with Crippen LogP contribution in [0.3, 0.4) is 0 Å². The molecule has 0 radical (unpaired) electrons. The highest BCUT2D eigenvalue weighted by atomic mass is 32.1. The summed E-state index contributed by atoms with van der Waals surface area (Å²) < 4.78 is 5.33. The summed E-state index contributed by atoms with van der Waals surface area (Å²) in [5.41, 5.74) is 1.19. The van der Waals surface area contributed by atoms with Crippen molar-refractivity contribution in [2.24, 2.45) is 0 Å². The Morgan fingerprint density at radius 3 is 2.75 bits per heavy atom. The highest BCUT2D eigenvalue weighted by Crippen LogP contribution is 2.16. The lowest BCUT2D eigenvalue weighted by atomic mass is 10.1. The molecule has 90 valence electrons. The molecule has 0 amide bonds. The van der Waals surface area contributed by atoms with Crippen molar-refractivity contribution in [1.82, 2.24) is 10.3 Å². The third-order valence-electron chi connectivity index (χ3n) is 3.07. The van der Waals surface area contributed by atoms with E-state index in [1.165, 1.54) is 15.6 Å². The Bertz CT molecular complexity index is 312. The van der Waals surface area contributed by atoms with Gasteiger partial charge < -0.3 is 10.1 Å². The molecule has 1 aromatic heterocycles. The summed E-state index contributed by atoms with van der Waals surface area (Å²) in [6.07, 6.45) is 3.35. The molecule has 0 bridgehead atoms. The SMILES string of the molecule is Cc1nc(CCNC2CCOCC2)sc1C. The highest BCUT2D eigenvalue weighted by Gasteiger charge is 2.12. The third kappa shape index (κ3) is 3.27. The van der Waals surface area contributed by atoms with Crippen molar-refractivity contribution in [2.75, 3.05) is 19.8 Å². The maximum atomic E-state index is 5.33. The highest BCUT2D eigenvalue weighted by molar-refractivity contribution is 7.11. The van der Waals surface area contributed by atoms with Crippen molar-refractivity contribution in [1.29, 1.82) is 0 Å². The predicted molar refractivity (Wildman–Crippen MR) is 67.1 cm³/mol. The third-order valence-corrected chi connectivity index (χ3v) is 4.20. The van der Waals surface area contributed by atoms with Gasteiger partial charge in [-0.3, -0.25) is 0 Å².